The molecule has 3 rings (SSSR count). The zero-order valence-electron chi connectivity index (χ0n) is 13.1. The third kappa shape index (κ3) is 3.96. The van der Waals surface area contributed by atoms with Crippen molar-refractivity contribution in [2.24, 2.45) is 11.7 Å². The summed E-state index contributed by atoms with van der Waals surface area (Å²) in [5.74, 6) is 1.56. The predicted octanol–water partition coefficient (Wildman–Crippen LogP) is 1.78. The van der Waals surface area contributed by atoms with Crippen LogP contribution in [0.3, 0.4) is 0 Å². The van der Waals surface area contributed by atoms with Gasteiger partial charge in [-0.15, -0.1) is 10.2 Å². The normalized spacial score (nSPS) is 20.2. The van der Waals surface area contributed by atoms with Crippen LogP contribution in [0.1, 0.15) is 18.7 Å². The molecule has 1 atom stereocenters. The lowest BCUT2D eigenvalue weighted by molar-refractivity contribution is 0.520. The molecule has 1 aromatic heterocycles. The van der Waals surface area contributed by atoms with E-state index in [0.717, 1.165) is 12.1 Å². The third-order valence-corrected chi connectivity index (χ3v) is 7.02. The van der Waals surface area contributed by atoms with Gasteiger partial charge in [0.2, 0.25) is 0 Å². The smallest absolute Gasteiger partial charge is 0.195 e. The summed E-state index contributed by atoms with van der Waals surface area (Å²) in [6, 6.07) is 6.04. The Hall–Kier alpha value is -1.45. The number of benzene rings is 1. The van der Waals surface area contributed by atoms with Crippen LogP contribution in [0.2, 0.25) is 0 Å². The summed E-state index contributed by atoms with van der Waals surface area (Å²) in [4.78, 5) is 0. The summed E-state index contributed by atoms with van der Waals surface area (Å²) < 4.78 is 38.4. The second-order valence-corrected chi connectivity index (χ2v) is 9.06. The average Bonchev–Trinajstić information content (AvgIpc) is 2.96. The quantitative estimate of drug-likeness (QED) is 0.807. The molecule has 0 saturated carbocycles. The lowest BCUT2D eigenvalue weighted by Crippen LogP contribution is -2.26. The van der Waals surface area contributed by atoms with E-state index in [1.54, 1.807) is 16.7 Å². The maximum Gasteiger partial charge on any atom is 0.195 e. The zero-order chi connectivity index (χ0) is 17.2. The Balaban J connectivity index is 1.79. The van der Waals surface area contributed by atoms with E-state index in [4.69, 9.17) is 5.73 Å². The number of aromatic nitrogens is 3. The SMILES string of the molecule is NCc1nnc(SC[C@@H]2CCCS(=O)(=O)C2)n1-c1ccc(F)cc1. The van der Waals surface area contributed by atoms with Crippen molar-refractivity contribution in [3.63, 3.8) is 0 Å². The fourth-order valence-corrected chi connectivity index (χ4v) is 5.85. The third-order valence-electron chi connectivity index (χ3n) is 3.97. The molecule has 1 aromatic carbocycles. The molecule has 6 nitrogen and oxygen atoms in total. The first kappa shape index (κ1) is 17.4. The first-order valence-electron chi connectivity index (χ1n) is 7.72. The fraction of sp³-hybridized carbons (Fsp3) is 0.467. The predicted molar refractivity (Wildman–Crippen MR) is 91.3 cm³/mol. The Morgan fingerprint density at radius 3 is 2.71 bits per heavy atom. The molecule has 1 fully saturated rings. The van der Waals surface area contributed by atoms with E-state index in [9.17, 15) is 12.8 Å². The van der Waals surface area contributed by atoms with Crippen molar-refractivity contribution in [1.82, 2.24) is 14.8 Å². The molecule has 1 aliphatic rings. The number of nitrogens with zero attached hydrogens (tertiary/aromatic N) is 3. The zero-order valence-corrected chi connectivity index (χ0v) is 14.7. The Labute approximate surface area is 144 Å². The number of hydrogen-bond acceptors (Lipinski definition) is 6. The molecule has 24 heavy (non-hydrogen) atoms. The first-order chi connectivity index (χ1) is 11.5. The van der Waals surface area contributed by atoms with Gasteiger partial charge < -0.3 is 5.73 Å². The summed E-state index contributed by atoms with van der Waals surface area (Å²) in [6.45, 7) is 0.211. The van der Waals surface area contributed by atoms with Crippen LogP contribution in [-0.2, 0) is 16.4 Å². The molecule has 0 radical (unpaired) electrons. The van der Waals surface area contributed by atoms with Crippen LogP contribution in [0.25, 0.3) is 5.69 Å². The summed E-state index contributed by atoms with van der Waals surface area (Å²) in [5.41, 5.74) is 6.46. The minimum absolute atomic E-state index is 0.119. The molecule has 0 amide bonds. The van der Waals surface area contributed by atoms with E-state index in [1.807, 2.05) is 0 Å². The maximum absolute atomic E-state index is 13.1. The van der Waals surface area contributed by atoms with Gasteiger partial charge >= 0.3 is 0 Å². The molecule has 9 heteroatoms. The minimum Gasteiger partial charge on any atom is -0.324 e. The van der Waals surface area contributed by atoms with Gasteiger partial charge in [-0.1, -0.05) is 11.8 Å². The first-order valence-corrected chi connectivity index (χ1v) is 10.5. The summed E-state index contributed by atoms with van der Waals surface area (Å²) in [5, 5.41) is 8.88. The highest BCUT2D eigenvalue weighted by Crippen LogP contribution is 2.28. The second kappa shape index (κ2) is 7.20. The van der Waals surface area contributed by atoms with Crippen LogP contribution in [0, 0.1) is 11.7 Å². The highest BCUT2D eigenvalue weighted by atomic mass is 32.2. The van der Waals surface area contributed by atoms with Gasteiger partial charge in [0, 0.05) is 11.4 Å². The number of rotatable bonds is 5. The molecule has 2 aromatic rings. The second-order valence-electron chi connectivity index (χ2n) is 5.85. The summed E-state index contributed by atoms with van der Waals surface area (Å²) in [6.07, 6.45) is 1.62. The highest BCUT2D eigenvalue weighted by molar-refractivity contribution is 7.99. The number of hydrogen-bond donors (Lipinski definition) is 1. The van der Waals surface area contributed by atoms with Gasteiger partial charge in [-0.25, -0.2) is 12.8 Å². The van der Waals surface area contributed by atoms with Crippen molar-refractivity contribution in [2.45, 2.75) is 24.5 Å². The van der Waals surface area contributed by atoms with Gasteiger partial charge in [0.25, 0.3) is 0 Å². The lowest BCUT2D eigenvalue weighted by atomic mass is 10.1. The molecule has 2 N–H and O–H groups in total. The topological polar surface area (TPSA) is 90.9 Å². The van der Waals surface area contributed by atoms with Gasteiger partial charge in [0.05, 0.1) is 18.1 Å². The van der Waals surface area contributed by atoms with Gasteiger partial charge in [0.15, 0.2) is 20.8 Å². The van der Waals surface area contributed by atoms with Crippen LogP contribution >= 0.6 is 11.8 Å². The Morgan fingerprint density at radius 2 is 2.04 bits per heavy atom. The highest BCUT2D eigenvalue weighted by Gasteiger charge is 2.25. The molecule has 0 unspecified atom stereocenters. The van der Waals surface area contributed by atoms with Gasteiger partial charge in [-0.2, -0.15) is 0 Å². The number of nitrogens with two attached hydrogens (primary N) is 1. The summed E-state index contributed by atoms with van der Waals surface area (Å²) >= 11 is 1.47. The van der Waals surface area contributed by atoms with Crippen LogP contribution in [-0.4, -0.2) is 40.4 Å². The molecule has 1 aliphatic heterocycles. The number of sulfone groups is 1. The van der Waals surface area contributed by atoms with Gasteiger partial charge in [-0.05, 0) is 43.0 Å². The Morgan fingerprint density at radius 1 is 1.29 bits per heavy atom. The molecule has 0 aliphatic carbocycles. The van der Waals surface area contributed by atoms with Crippen LogP contribution in [0.5, 0.6) is 0 Å². The van der Waals surface area contributed by atoms with Crippen molar-refractivity contribution in [2.75, 3.05) is 17.3 Å². The van der Waals surface area contributed by atoms with Gasteiger partial charge in [0.1, 0.15) is 5.82 Å². The van der Waals surface area contributed by atoms with Gasteiger partial charge in [-0.3, -0.25) is 4.57 Å². The van der Waals surface area contributed by atoms with Crippen molar-refractivity contribution in [3.05, 3.63) is 35.9 Å². The van der Waals surface area contributed by atoms with E-state index in [0.29, 0.717) is 23.2 Å². The minimum atomic E-state index is -2.92. The molecule has 2 heterocycles. The van der Waals surface area contributed by atoms with Crippen molar-refractivity contribution in [1.29, 1.82) is 0 Å². The Bertz CT molecular complexity index is 805. The van der Waals surface area contributed by atoms with Crippen molar-refractivity contribution < 1.29 is 12.8 Å². The van der Waals surface area contributed by atoms with Crippen molar-refractivity contribution >= 4 is 21.6 Å². The fourth-order valence-electron chi connectivity index (χ4n) is 2.82. The molecule has 1 saturated heterocycles. The molecule has 0 bridgehead atoms. The molecule has 0 spiro atoms. The van der Waals surface area contributed by atoms with Crippen LogP contribution in [0.4, 0.5) is 4.39 Å². The standard InChI is InChI=1S/C15H19FN4O2S2/c16-12-3-5-13(6-4-12)20-14(8-17)18-19-15(20)23-9-11-2-1-7-24(21,22)10-11/h3-6,11H,1-2,7-10,17H2/t11-/m0/s1. The number of halogens is 1. The largest absolute Gasteiger partial charge is 0.324 e. The van der Waals surface area contributed by atoms with Crippen molar-refractivity contribution in [3.8, 4) is 5.69 Å². The number of thioether (sulfide) groups is 1. The maximum atomic E-state index is 13.1. The molecular formula is C15H19FN4O2S2. The summed E-state index contributed by atoms with van der Waals surface area (Å²) in [7, 11) is -2.92. The van der Waals surface area contributed by atoms with Crippen LogP contribution in [0.15, 0.2) is 29.4 Å². The molecular weight excluding hydrogens is 351 g/mol. The van der Waals surface area contributed by atoms with E-state index >= 15 is 0 Å². The monoisotopic (exact) mass is 370 g/mol. The van der Waals surface area contributed by atoms with E-state index in [2.05, 4.69) is 10.2 Å². The average molecular weight is 370 g/mol. The van der Waals surface area contributed by atoms with E-state index < -0.39 is 9.84 Å². The lowest BCUT2D eigenvalue weighted by Gasteiger charge is -2.21. The van der Waals surface area contributed by atoms with Crippen LogP contribution < -0.4 is 5.73 Å². The molecule has 130 valence electrons. The van der Waals surface area contributed by atoms with E-state index in [-0.39, 0.29) is 29.8 Å². The van der Waals surface area contributed by atoms with E-state index in [1.165, 1.54) is 23.9 Å². The Kier molecular flexibility index (Phi) is 5.21.